The molecule has 1 nitrogen and oxygen atoms in total. The van der Waals surface area contributed by atoms with E-state index in [-0.39, 0.29) is 0 Å². The van der Waals surface area contributed by atoms with E-state index in [0.29, 0.717) is 0 Å². The zero-order valence-electron chi connectivity index (χ0n) is 9.20. The molecule has 0 amide bonds. The van der Waals surface area contributed by atoms with Gasteiger partial charge in [-0.15, -0.1) is 11.8 Å². The molecular formula is C13H18OS. The summed E-state index contributed by atoms with van der Waals surface area (Å²) in [6, 6.07) is 8.39. The van der Waals surface area contributed by atoms with Gasteiger partial charge >= 0.3 is 0 Å². The minimum Gasteiger partial charge on any atom is -0.389 e. The Hall–Kier alpha value is -0.470. The molecule has 0 radical (unpaired) electrons. The predicted octanol–water partition coefficient (Wildman–Crippen LogP) is 3.39. The van der Waals surface area contributed by atoms with E-state index < -0.39 is 5.60 Å². The maximum atomic E-state index is 10.2. The molecule has 0 aromatic heterocycles. The van der Waals surface area contributed by atoms with Gasteiger partial charge in [0.1, 0.15) is 0 Å². The molecule has 1 N–H and O–H groups in total. The van der Waals surface area contributed by atoms with Crippen LogP contribution in [-0.2, 0) is 0 Å². The van der Waals surface area contributed by atoms with Gasteiger partial charge in [0.15, 0.2) is 0 Å². The molecule has 0 atom stereocenters. The summed E-state index contributed by atoms with van der Waals surface area (Å²) in [5.41, 5.74) is 0.913. The highest BCUT2D eigenvalue weighted by Gasteiger charge is 2.30. The van der Waals surface area contributed by atoms with Crippen LogP contribution in [0.1, 0.15) is 31.2 Å². The highest BCUT2D eigenvalue weighted by Crippen LogP contribution is 2.35. The number of thioether (sulfide) groups is 1. The molecule has 2 rings (SSSR count). The Morgan fingerprint density at radius 3 is 2.60 bits per heavy atom. The van der Waals surface area contributed by atoms with Crippen molar-refractivity contribution in [1.82, 2.24) is 0 Å². The van der Waals surface area contributed by atoms with E-state index in [4.69, 9.17) is 0 Å². The third-order valence-electron chi connectivity index (χ3n) is 3.12. The fourth-order valence-corrected chi connectivity index (χ4v) is 3.29. The van der Waals surface area contributed by atoms with Gasteiger partial charge in [-0.1, -0.05) is 31.0 Å². The van der Waals surface area contributed by atoms with Crippen molar-refractivity contribution < 1.29 is 5.11 Å². The average molecular weight is 222 g/mol. The van der Waals surface area contributed by atoms with Crippen LogP contribution >= 0.6 is 11.8 Å². The maximum Gasteiger partial charge on any atom is 0.0741 e. The van der Waals surface area contributed by atoms with E-state index in [1.54, 1.807) is 11.8 Å². The second-order valence-corrected chi connectivity index (χ2v) is 5.50. The number of aliphatic hydroxyl groups is 1. The summed E-state index contributed by atoms with van der Waals surface area (Å²) in [5, 5.41) is 10.2. The molecule has 82 valence electrons. The van der Waals surface area contributed by atoms with Gasteiger partial charge in [-0.2, -0.15) is 0 Å². The van der Waals surface area contributed by atoms with E-state index in [1.807, 2.05) is 0 Å². The summed E-state index contributed by atoms with van der Waals surface area (Å²) in [4.78, 5) is 1.30. The molecule has 0 spiro atoms. The molecule has 1 aliphatic carbocycles. The van der Waals surface area contributed by atoms with Crippen molar-refractivity contribution >= 4 is 11.8 Å². The van der Waals surface area contributed by atoms with Crippen LogP contribution in [0.4, 0.5) is 0 Å². The van der Waals surface area contributed by atoms with Crippen LogP contribution in [0.5, 0.6) is 0 Å². The first-order chi connectivity index (χ1) is 7.20. The van der Waals surface area contributed by atoms with E-state index in [9.17, 15) is 5.11 Å². The molecule has 1 aromatic rings. The van der Waals surface area contributed by atoms with Crippen molar-refractivity contribution in [3.05, 3.63) is 29.8 Å². The summed E-state index contributed by atoms with van der Waals surface area (Å²) in [5.74, 6) is 0.845. The number of hydrogen-bond donors (Lipinski definition) is 1. The Balaban J connectivity index is 1.95. The molecule has 2 heteroatoms. The Morgan fingerprint density at radius 2 is 1.93 bits per heavy atom. The molecule has 0 bridgehead atoms. The largest absolute Gasteiger partial charge is 0.389 e. The molecule has 1 aromatic carbocycles. The molecule has 1 aliphatic rings. The molecule has 1 fully saturated rings. The van der Waals surface area contributed by atoms with Crippen LogP contribution in [0.3, 0.4) is 0 Å². The van der Waals surface area contributed by atoms with Crippen LogP contribution < -0.4 is 0 Å². The maximum absolute atomic E-state index is 10.2. The predicted molar refractivity (Wildman–Crippen MR) is 65.3 cm³/mol. The quantitative estimate of drug-likeness (QED) is 0.791. The number of rotatable bonds is 3. The third-order valence-corrected chi connectivity index (χ3v) is 4.57. The lowest BCUT2D eigenvalue weighted by molar-refractivity contribution is 0.0732. The highest BCUT2D eigenvalue weighted by atomic mass is 32.2. The number of hydrogen-bond acceptors (Lipinski definition) is 2. The Kier molecular flexibility index (Phi) is 3.37. The molecule has 1 saturated carbocycles. The number of aryl methyl sites for hydroxylation is 1. The summed E-state index contributed by atoms with van der Waals surface area (Å²) < 4.78 is 0. The van der Waals surface area contributed by atoms with E-state index in [0.717, 1.165) is 18.6 Å². The van der Waals surface area contributed by atoms with E-state index >= 15 is 0 Å². The van der Waals surface area contributed by atoms with Gasteiger partial charge in [0, 0.05) is 10.6 Å². The second-order valence-electron chi connectivity index (χ2n) is 4.49. The fraction of sp³-hybridized carbons (Fsp3) is 0.538. The smallest absolute Gasteiger partial charge is 0.0741 e. The summed E-state index contributed by atoms with van der Waals surface area (Å²) in [7, 11) is 0. The van der Waals surface area contributed by atoms with Crippen molar-refractivity contribution in [2.24, 2.45) is 0 Å². The van der Waals surface area contributed by atoms with Crippen molar-refractivity contribution in [1.29, 1.82) is 0 Å². The molecule has 0 aliphatic heterocycles. The van der Waals surface area contributed by atoms with Gasteiger partial charge in [0.2, 0.25) is 0 Å². The topological polar surface area (TPSA) is 20.2 Å². The molecule has 0 unspecified atom stereocenters. The van der Waals surface area contributed by atoms with Crippen LogP contribution in [0.15, 0.2) is 29.2 Å². The van der Waals surface area contributed by atoms with E-state index in [2.05, 4.69) is 31.2 Å². The van der Waals surface area contributed by atoms with Gasteiger partial charge in [-0.05, 0) is 31.4 Å². The zero-order valence-corrected chi connectivity index (χ0v) is 10.0. The lowest BCUT2D eigenvalue weighted by Gasteiger charge is -2.21. The summed E-state index contributed by atoms with van der Waals surface area (Å²) in [6.07, 6.45) is 4.33. The molecular weight excluding hydrogens is 204 g/mol. The molecule has 0 heterocycles. The Morgan fingerprint density at radius 1 is 1.27 bits per heavy atom. The van der Waals surface area contributed by atoms with Crippen LogP contribution in [0.2, 0.25) is 0 Å². The normalized spacial score (nSPS) is 19.3. The summed E-state index contributed by atoms with van der Waals surface area (Å²) in [6.45, 7) is 2.13. The first-order valence-corrected chi connectivity index (χ1v) is 6.59. The number of benzene rings is 1. The van der Waals surface area contributed by atoms with Gasteiger partial charge in [0.05, 0.1) is 5.60 Å². The Bertz CT molecular complexity index is 329. The van der Waals surface area contributed by atoms with Gasteiger partial charge < -0.3 is 5.11 Å². The Labute approximate surface area is 95.9 Å². The van der Waals surface area contributed by atoms with Crippen LogP contribution in [0.25, 0.3) is 0 Å². The van der Waals surface area contributed by atoms with Gasteiger partial charge in [-0.3, -0.25) is 0 Å². The SMILES string of the molecule is Cc1ccccc1SCC1(O)CCCC1. The first-order valence-electron chi connectivity index (χ1n) is 5.60. The van der Waals surface area contributed by atoms with E-state index in [1.165, 1.54) is 23.3 Å². The lowest BCUT2D eigenvalue weighted by atomic mass is 10.1. The molecule has 15 heavy (non-hydrogen) atoms. The van der Waals surface area contributed by atoms with Crippen molar-refractivity contribution in [2.45, 2.75) is 43.1 Å². The average Bonchev–Trinajstić information content (AvgIpc) is 2.65. The zero-order chi connectivity index (χ0) is 10.7. The fourth-order valence-electron chi connectivity index (χ4n) is 2.11. The van der Waals surface area contributed by atoms with Crippen molar-refractivity contribution in [3.63, 3.8) is 0 Å². The third kappa shape index (κ3) is 2.76. The van der Waals surface area contributed by atoms with Crippen LogP contribution in [0, 0.1) is 6.92 Å². The van der Waals surface area contributed by atoms with Crippen LogP contribution in [-0.4, -0.2) is 16.5 Å². The first kappa shape index (κ1) is 11.0. The van der Waals surface area contributed by atoms with Crippen molar-refractivity contribution in [2.75, 3.05) is 5.75 Å². The minimum atomic E-state index is -0.396. The molecule has 0 saturated heterocycles. The monoisotopic (exact) mass is 222 g/mol. The standard InChI is InChI=1S/C13H18OS/c1-11-6-2-3-7-12(11)15-10-13(14)8-4-5-9-13/h2-3,6-7,14H,4-5,8-10H2,1H3. The second kappa shape index (κ2) is 4.58. The highest BCUT2D eigenvalue weighted by molar-refractivity contribution is 7.99. The lowest BCUT2D eigenvalue weighted by Crippen LogP contribution is -2.27. The van der Waals surface area contributed by atoms with Crippen molar-refractivity contribution in [3.8, 4) is 0 Å². The van der Waals surface area contributed by atoms with Gasteiger partial charge in [-0.25, -0.2) is 0 Å². The van der Waals surface area contributed by atoms with Gasteiger partial charge in [0.25, 0.3) is 0 Å². The summed E-state index contributed by atoms with van der Waals surface area (Å²) >= 11 is 1.79. The minimum absolute atomic E-state index is 0.396.